The van der Waals surface area contributed by atoms with Gasteiger partial charge in [-0.2, -0.15) is 0 Å². The van der Waals surface area contributed by atoms with Crippen molar-refractivity contribution in [1.82, 2.24) is 4.90 Å². The molecule has 31 heavy (non-hydrogen) atoms. The fraction of sp³-hybridized carbons (Fsp3) is 0.304. The summed E-state index contributed by atoms with van der Waals surface area (Å²) in [7, 11) is 0. The van der Waals surface area contributed by atoms with Gasteiger partial charge in [0.2, 0.25) is 5.91 Å². The number of carbonyl (C=O) groups is 2. The molecule has 1 amide bonds. The lowest BCUT2D eigenvalue weighted by atomic mass is 10.1. The van der Waals surface area contributed by atoms with E-state index in [1.165, 1.54) is 18.2 Å². The van der Waals surface area contributed by atoms with Crippen LogP contribution in [-0.4, -0.2) is 41.6 Å². The van der Waals surface area contributed by atoms with Crippen LogP contribution in [0.5, 0.6) is 11.5 Å². The Morgan fingerprint density at radius 1 is 1.03 bits per heavy atom. The van der Waals surface area contributed by atoms with Crippen molar-refractivity contribution in [3.05, 3.63) is 64.7 Å². The summed E-state index contributed by atoms with van der Waals surface area (Å²) >= 11 is 0. The normalized spacial score (nSPS) is 11.2. The summed E-state index contributed by atoms with van der Waals surface area (Å²) in [6.07, 6.45) is 1.65. The van der Waals surface area contributed by atoms with Crippen molar-refractivity contribution in [1.29, 1.82) is 0 Å². The summed E-state index contributed by atoms with van der Waals surface area (Å²) in [4.78, 5) is 25.0. The Bertz CT molecular complexity index is 950. The molecule has 1 N–H and O–H groups in total. The molecule has 2 rings (SSSR count). The van der Waals surface area contributed by atoms with Gasteiger partial charge in [0, 0.05) is 18.7 Å². The number of likely N-dealkylation sites (N-methyl/N-ethyl adjacent to an activating group) is 1. The Balaban J connectivity index is 2.29. The number of carboxylic acid groups (broad SMARTS) is 1. The first-order valence-corrected chi connectivity index (χ1v) is 9.78. The highest BCUT2D eigenvalue weighted by Gasteiger charge is 2.15. The van der Waals surface area contributed by atoms with E-state index in [1.54, 1.807) is 24.0 Å². The fourth-order valence-corrected chi connectivity index (χ4v) is 2.88. The Hall–Kier alpha value is -3.42. The third kappa shape index (κ3) is 6.53. The van der Waals surface area contributed by atoms with Gasteiger partial charge in [0.1, 0.15) is 18.2 Å². The van der Waals surface area contributed by atoms with Crippen molar-refractivity contribution in [3.63, 3.8) is 0 Å². The van der Waals surface area contributed by atoms with E-state index in [1.807, 2.05) is 13.8 Å². The molecule has 0 aliphatic heterocycles. The standard InChI is InChI=1S/C23H25F2NO5/c1-4-26(5-2)23(29)15(3)11-16-9-10-20(21(12-16)31-14-22(27)28)30-13-17-18(24)7-6-8-19(17)25/h6-12H,4-5,13-14H2,1-3H3,(H,27,28)/b15-11-. The zero-order valence-corrected chi connectivity index (χ0v) is 17.7. The highest BCUT2D eigenvalue weighted by Crippen LogP contribution is 2.31. The Morgan fingerprint density at radius 2 is 1.68 bits per heavy atom. The monoisotopic (exact) mass is 433 g/mol. The Morgan fingerprint density at radius 3 is 2.26 bits per heavy atom. The summed E-state index contributed by atoms with van der Waals surface area (Å²) < 4.78 is 38.5. The number of nitrogens with zero attached hydrogens (tertiary/aromatic N) is 1. The van der Waals surface area contributed by atoms with E-state index in [4.69, 9.17) is 14.6 Å². The second-order valence-corrected chi connectivity index (χ2v) is 6.68. The van der Waals surface area contributed by atoms with Crippen molar-refractivity contribution in [2.75, 3.05) is 19.7 Å². The first kappa shape index (κ1) is 23.9. The lowest BCUT2D eigenvalue weighted by molar-refractivity contribution is -0.139. The van der Waals surface area contributed by atoms with Crippen LogP contribution in [-0.2, 0) is 16.2 Å². The van der Waals surface area contributed by atoms with Gasteiger partial charge >= 0.3 is 5.97 Å². The van der Waals surface area contributed by atoms with E-state index in [0.717, 1.165) is 12.1 Å². The van der Waals surface area contributed by atoms with Crippen LogP contribution >= 0.6 is 0 Å². The summed E-state index contributed by atoms with van der Waals surface area (Å²) in [6.45, 7) is 5.57. The first-order chi connectivity index (χ1) is 14.8. The Labute approximate surface area is 179 Å². The predicted octanol–water partition coefficient (Wildman–Crippen LogP) is 4.28. The highest BCUT2D eigenvalue weighted by atomic mass is 19.1. The molecule has 0 unspecified atom stereocenters. The number of rotatable bonds is 10. The summed E-state index contributed by atoms with van der Waals surface area (Å²) in [5.41, 5.74) is 0.828. The fourth-order valence-electron chi connectivity index (χ4n) is 2.88. The van der Waals surface area contributed by atoms with Crippen LogP contribution in [0.3, 0.4) is 0 Å². The van der Waals surface area contributed by atoms with Gasteiger partial charge in [-0.15, -0.1) is 0 Å². The van der Waals surface area contributed by atoms with Gasteiger partial charge < -0.3 is 19.5 Å². The molecular weight excluding hydrogens is 408 g/mol. The van der Waals surface area contributed by atoms with Gasteiger partial charge in [0.05, 0.1) is 5.56 Å². The SMILES string of the molecule is CCN(CC)C(=O)/C(C)=C\c1ccc(OCc2c(F)cccc2F)c(OCC(=O)O)c1. The molecule has 0 atom stereocenters. The molecule has 0 bridgehead atoms. The number of carbonyl (C=O) groups excluding carboxylic acids is 1. The number of aliphatic carboxylic acids is 1. The number of carboxylic acids is 1. The van der Waals surface area contributed by atoms with Crippen LogP contribution in [0.1, 0.15) is 31.9 Å². The number of halogens is 2. The lowest BCUT2D eigenvalue weighted by Crippen LogP contribution is -2.30. The van der Waals surface area contributed by atoms with E-state index in [9.17, 15) is 18.4 Å². The molecule has 0 spiro atoms. The molecule has 0 saturated carbocycles. The number of benzene rings is 2. The van der Waals surface area contributed by atoms with Crippen LogP contribution in [0.15, 0.2) is 42.0 Å². The van der Waals surface area contributed by atoms with Crippen LogP contribution < -0.4 is 9.47 Å². The summed E-state index contributed by atoms with van der Waals surface area (Å²) in [6, 6.07) is 8.13. The smallest absolute Gasteiger partial charge is 0.341 e. The first-order valence-electron chi connectivity index (χ1n) is 9.78. The number of ether oxygens (including phenoxy) is 2. The van der Waals surface area contributed by atoms with E-state index < -0.39 is 30.8 Å². The zero-order valence-electron chi connectivity index (χ0n) is 17.7. The lowest BCUT2D eigenvalue weighted by Gasteiger charge is -2.19. The number of hydrogen-bond donors (Lipinski definition) is 1. The molecule has 0 radical (unpaired) electrons. The van der Waals surface area contributed by atoms with E-state index in [0.29, 0.717) is 24.2 Å². The van der Waals surface area contributed by atoms with Crippen molar-refractivity contribution in [3.8, 4) is 11.5 Å². The molecule has 0 aliphatic rings. The minimum absolute atomic E-state index is 0.0796. The average molecular weight is 433 g/mol. The Kier molecular flexibility index (Phi) is 8.54. The second kappa shape index (κ2) is 11.1. The number of amides is 1. The van der Waals surface area contributed by atoms with Crippen LogP contribution in [0.25, 0.3) is 6.08 Å². The van der Waals surface area contributed by atoms with Gasteiger partial charge in [-0.3, -0.25) is 4.79 Å². The highest BCUT2D eigenvalue weighted by molar-refractivity contribution is 5.97. The molecular formula is C23H25F2NO5. The molecule has 6 nitrogen and oxygen atoms in total. The predicted molar refractivity (Wildman–Crippen MR) is 112 cm³/mol. The number of hydrogen-bond acceptors (Lipinski definition) is 4. The quantitative estimate of drug-likeness (QED) is 0.566. The molecule has 8 heteroatoms. The van der Waals surface area contributed by atoms with Crippen molar-refractivity contribution in [2.24, 2.45) is 0 Å². The van der Waals surface area contributed by atoms with Crippen molar-refractivity contribution < 1.29 is 33.0 Å². The van der Waals surface area contributed by atoms with Crippen LogP contribution in [0, 0.1) is 11.6 Å². The van der Waals surface area contributed by atoms with Gasteiger partial charge in [-0.25, -0.2) is 13.6 Å². The van der Waals surface area contributed by atoms with E-state index in [2.05, 4.69) is 0 Å². The van der Waals surface area contributed by atoms with Crippen molar-refractivity contribution >= 4 is 18.0 Å². The molecule has 0 saturated heterocycles. The molecule has 2 aromatic rings. The maximum absolute atomic E-state index is 13.8. The van der Waals surface area contributed by atoms with Gasteiger partial charge in [-0.05, 0) is 56.7 Å². The molecule has 2 aromatic carbocycles. The van der Waals surface area contributed by atoms with Crippen LogP contribution in [0.4, 0.5) is 8.78 Å². The third-order valence-electron chi connectivity index (χ3n) is 4.52. The van der Waals surface area contributed by atoms with Crippen molar-refractivity contribution in [2.45, 2.75) is 27.4 Å². The van der Waals surface area contributed by atoms with Gasteiger partial charge in [0.15, 0.2) is 18.1 Å². The van der Waals surface area contributed by atoms with E-state index in [-0.39, 0.29) is 23.0 Å². The summed E-state index contributed by atoms with van der Waals surface area (Å²) in [5.74, 6) is -2.62. The minimum Gasteiger partial charge on any atom is -0.485 e. The second-order valence-electron chi connectivity index (χ2n) is 6.68. The van der Waals surface area contributed by atoms with Crippen LogP contribution in [0.2, 0.25) is 0 Å². The average Bonchev–Trinajstić information content (AvgIpc) is 2.73. The topological polar surface area (TPSA) is 76.1 Å². The maximum Gasteiger partial charge on any atom is 0.341 e. The molecule has 166 valence electrons. The maximum atomic E-state index is 13.8. The van der Waals surface area contributed by atoms with Gasteiger partial charge in [-0.1, -0.05) is 12.1 Å². The molecule has 0 aliphatic carbocycles. The van der Waals surface area contributed by atoms with Gasteiger partial charge in [0.25, 0.3) is 0 Å². The largest absolute Gasteiger partial charge is 0.485 e. The molecule has 0 heterocycles. The third-order valence-corrected chi connectivity index (χ3v) is 4.52. The summed E-state index contributed by atoms with van der Waals surface area (Å²) in [5, 5.41) is 8.92. The minimum atomic E-state index is -1.19. The van der Waals surface area contributed by atoms with E-state index >= 15 is 0 Å². The molecule has 0 fully saturated rings. The molecule has 0 aromatic heterocycles. The zero-order chi connectivity index (χ0) is 23.0.